The van der Waals surface area contributed by atoms with Crippen LogP contribution in [0.5, 0.6) is 0 Å². The summed E-state index contributed by atoms with van der Waals surface area (Å²) >= 11 is 0. The normalized spacial score (nSPS) is 8.67. The number of imidazole rings is 1. The van der Waals surface area contributed by atoms with Crippen LogP contribution in [0.15, 0.2) is 6.20 Å². The van der Waals surface area contributed by atoms with E-state index in [9.17, 15) is 0 Å². The van der Waals surface area contributed by atoms with E-state index in [0.717, 1.165) is 12.2 Å². The molecule has 0 N–H and O–H groups in total. The molecule has 3 heteroatoms. The van der Waals surface area contributed by atoms with Crippen LogP contribution in [0.3, 0.4) is 0 Å². The standard InChI is InChI=1S/C6H9N2.Y/c1-3-6-7-4-5-8(6)2;/h5H,3H2,1-2H3;/q-1;. The minimum Gasteiger partial charge on any atom is -0.439 e. The van der Waals surface area contributed by atoms with Gasteiger partial charge in [0.25, 0.3) is 0 Å². The molecule has 0 unspecified atom stereocenters. The second-order valence-electron chi connectivity index (χ2n) is 1.75. The van der Waals surface area contributed by atoms with E-state index >= 15 is 0 Å². The number of aryl methyl sites for hydroxylation is 2. The molecule has 0 amide bonds. The van der Waals surface area contributed by atoms with Gasteiger partial charge in [-0.25, -0.2) is 0 Å². The number of aromatic nitrogens is 2. The molecule has 0 bridgehead atoms. The first-order valence-corrected chi connectivity index (χ1v) is 2.73. The second kappa shape index (κ2) is 4.18. The molecule has 47 valence electrons. The summed E-state index contributed by atoms with van der Waals surface area (Å²) in [6, 6.07) is 0. The molecule has 0 aliphatic heterocycles. The van der Waals surface area contributed by atoms with Crippen LogP contribution in [-0.4, -0.2) is 9.55 Å². The van der Waals surface area contributed by atoms with E-state index < -0.39 is 0 Å². The van der Waals surface area contributed by atoms with Crippen molar-refractivity contribution in [2.45, 2.75) is 13.3 Å². The minimum absolute atomic E-state index is 0. The van der Waals surface area contributed by atoms with Crippen molar-refractivity contribution in [3.63, 3.8) is 0 Å². The fourth-order valence-corrected chi connectivity index (χ4v) is 0.672. The van der Waals surface area contributed by atoms with Gasteiger partial charge in [-0.15, -0.1) is 6.20 Å². The Balaban J connectivity index is 0.000000640. The van der Waals surface area contributed by atoms with Gasteiger partial charge in [-0.1, -0.05) is 19.5 Å². The Hall–Kier alpha value is 0.314. The molecule has 0 atom stereocenters. The third-order valence-corrected chi connectivity index (χ3v) is 1.17. The molecule has 0 saturated carbocycles. The first kappa shape index (κ1) is 9.31. The van der Waals surface area contributed by atoms with Gasteiger partial charge in [-0.3, -0.25) is 0 Å². The molecule has 1 radical (unpaired) electrons. The number of nitrogens with zero attached hydrogens (tertiary/aromatic N) is 2. The van der Waals surface area contributed by atoms with E-state index in [4.69, 9.17) is 0 Å². The molecular formula is C6H9N2Y-. The van der Waals surface area contributed by atoms with Crippen molar-refractivity contribution in [2.75, 3.05) is 0 Å². The maximum atomic E-state index is 3.97. The second-order valence-corrected chi connectivity index (χ2v) is 1.75. The van der Waals surface area contributed by atoms with Crippen LogP contribution < -0.4 is 0 Å². The molecule has 0 aromatic carbocycles. The fourth-order valence-electron chi connectivity index (χ4n) is 0.672. The van der Waals surface area contributed by atoms with Crippen molar-refractivity contribution in [3.8, 4) is 0 Å². The van der Waals surface area contributed by atoms with Crippen LogP contribution in [0.1, 0.15) is 12.7 Å². The molecule has 1 aromatic rings. The SMILES string of the molecule is CCc1n[c-]cn1C.[Y]. The Labute approximate surface area is 80.5 Å². The van der Waals surface area contributed by atoms with Crippen LogP contribution in [0.25, 0.3) is 0 Å². The quantitative estimate of drug-likeness (QED) is 0.609. The Bertz CT molecular complexity index is 171. The average Bonchev–Trinajstić information content (AvgIpc) is 2.14. The average molecular weight is 198 g/mol. The monoisotopic (exact) mass is 198 g/mol. The van der Waals surface area contributed by atoms with Crippen LogP contribution in [0.4, 0.5) is 0 Å². The van der Waals surface area contributed by atoms with Crippen molar-refractivity contribution in [1.29, 1.82) is 0 Å². The van der Waals surface area contributed by atoms with Gasteiger partial charge in [0.2, 0.25) is 0 Å². The summed E-state index contributed by atoms with van der Waals surface area (Å²) in [5.74, 6) is 1.09. The molecule has 0 aliphatic carbocycles. The summed E-state index contributed by atoms with van der Waals surface area (Å²) in [5, 5.41) is 0. The molecule has 0 saturated heterocycles. The van der Waals surface area contributed by atoms with E-state index in [-0.39, 0.29) is 32.7 Å². The molecule has 0 aliphatic rings. The first-order chi connectivity index (χ1) is 3.84. The first-order valence-electron chi connectivity index (χ1n) is 2.73. The van der Waals surface area contributed by atoms with Gasteiger partial charge in [0.15, 0.2) is 0 Å². The minimum atomic E-state index is 0. The summed E-state index contributed by atoms with van der Waals surface area (Å²) in [5.41, 5.74) is 0. The van der Waals surface area contributed by atoms with E-state index in [1.807, 2.05) is 17.8 Å². The van der Waals surface area contributed by atoms with Crippen molar-refractivity contribution in [3.05, 3.63) is 18.2 Å². The maximum absolute atomic E-state index is 3.97. The van der Waals surface area contributed by atoms with Gasteiger partial charge < -0.3 is 9.55 Å². The van der Waals surface area contributed by atoms with Gasteiger partial charge in [0, 0.05) is 32.7 Å². The molecule has 2 nitrogen and oxygen atoms in total. The smallest absolute Gasteiger partial charge is 0 e. The summed E-state index contributed by atoms with van der Waals surface area (Å²) < 4.78 is 1.97. The van der Waals surface area contributed by atoms with Crippen LogP contribution in [0.2, 0.25) is 0 Å². The van der Waals surface area contributed by atoms with Gasteiger partial charge >= 0.3 is 0 Å². The van der Waals surface area contributed by atoms with Gasteiger partial charge in [0.05, 0.1) is 0 Å². The van der Waals surface area contributed by atoms with Crippen molar-refractivity contribution < 1.29 is 32.7 Å². The van der Waals surface area contributed by atoms with Crippen molar-refractivity contribution >= 4 is 0 Å². The zero-order valence-electron chi connectivity index (χ0n) is 5.76. The summed E-state index contributed by atoms with van der Waals surface area (Å²) in [6.07, 6.45) is 5.58. The van der Waals surface area contributed by atoms with Gasteiger partial charge in [-0.2, -0.15) is 0 Å². The van der Waals surface area contributed by atoms with E-state index in [1.54, 1.807) is 0 Å². The molecule has 0 spiro atoms. The molecule has 1 aromatic heterocycles. The van der Waals surface area contributed by atoms with E-state index in [0.29, 0.717) is 0 Å². The Morgan fingerprint density at radius 1 is 1.78 bits per heavy atom. The summed E-state index contributed by atoms with van der Waals surface area (Å²) in [7, 11) is 1.97. The summed E-state index contributed by atoms with van der Waals surface area (Å²) in [4.78, 5) is 3.97. The zero-order valence-corrected chi connectivity index (χ0v) is 8.59. The Morgan fingerprint density at radius 3 is 2.67 bits per heavy atom. The van der Waals surface area contributed by atoms with Crippen LogP contribution >= 0.6 is 0 Å². The third-order valence-electron chi connectivity index (χ3n) is 1.17. The van der Waals surface area contributed by atoms with E-state index in [2.05, 4.69) is 18.1 Å². The molecular weight excluding hydrogens is 189 g/mol. The van der Waals surface area contributed by atoms with Crippen molar-refractivity contribution in [2.24, 2.45) is 7.05 Å². The number of rotatable bonds is 1. The largest absolute Gasteiger partial charge is 0.439 e. The Morgan fingerprint density at radius 2 is 2.44 bits per heavy atom. The predicted molar refractivity (Wildman–Crippen MR) is 31.4 cm³/mol. The van der Waals surface area contributed by atoms with E-state index in [1.165, 1.54) is 0 Å². The topological polar surface area (TPSA) is 17.8 Å². The maximum Gasteiger partial charge on any atom is 0 e. The third kappa shape index (κ3) is 2.19. The number of hydrogen-bond donors (Lipinski definition) is 0. The van der Waals surface area contributed by atoms with Crippen LogP contribution in [-0.2, 0) is 46.2 Å². The number of hydrogen-bond acceptors (Lipinski definition) is 1. The van der Waals surface area contributed by atoms with Crippen molar-refractivity contribution in [1.82, 2.24) is 9.55 Å². The summed E-state index contributed by atoms with van der Waals surface area (Å²) in [6.45, 7) is 2.08. The molecule has 9 heavy (non-hydrogen) atoms. The molecule has 0 fully saturated rings. The Kier molecular flexibility index (Phi) is 4.33. The zero-order chi connectivity index (χ0) is 5.98. The predicted octanol–water partition coefficient (Wildman–Crippen LogP) is 0.780. The molecule has 1 heterocycles. The van der Waals surface area contributed by atoms with Gasteiger partial charge in [-0.05, 0) is 12.9 Å². The van der Waals surface area contributed by atoms with Crippen LogP contribution in [0, 0.1) is 6.20 Å². The van der Waals surface area contributed by atoms with Gasteiger partial charge in [0.1, 0.15) is 0 Å². The molecule has 1 rings (SSSR count). The fraction of sp³-hybridized carbons (Fsp3) is 0.500.